The van der Waals surface area contributed by atoms with Gasteiger partial charge >= 0.3 is 5.97 Å². The maximum Gasteiger partial charge on any atom is 0.305 e. The summed E-state index contributed by atoms with van der Waals surface area (Å²) in [6.45, 7) is 6.95. The van der Waals surface area contributed by atoms with Gasteiger partial charge in [0, 0.05) is 6.42 Å². The monoisotopic (exact) mass is 354 g/mol. The Labute approximate surface area is 156 Å². The molecule has 1 heterocycles. The molecule has 0 aromatic heterocycles. The summed E-state index contributed by atoms with van der Waals surface area (Å²) >= 11 is 0. The van der Waals surface area contributed by atoms with Crippen molar-refractivity contribution in [3.8, 4) is 0 Å². The number of ether oxygens (including phenoxy) is 2. The maximum absolute atomic E-state index is 11.5. The predicted octanol–water partition coefficient (Wildman–Crippen LogP) is 6.43. The number of hydrogen-bond donors (Lipinski definition) is 0. The third-order valence-corrected chi connectivity index (χ3v) is 4.98. The number of unbranched alkanes of at least 4 members (excludes halogenated alkanes) is 9. The van der Waals surface area contributed by atoms with E-state index in [0.717, 1.165) is 12.8 Å². The standard InChI is InChI=1S/C22H42O3/c1-4-5-6-7-9-12-15-20-21(25-20)16-13-10-8-11-14-17-22(23)24-18-19(2)3/h19-21H,4-18H2,1-3H3. The Morgan fingerprint density at radius 2 is 1.36 bits per heavy atom. The minimum atomic E-state index is -0.0300. The van der Waals surface area contributed by atoms with E-state index in [9.17, 15) is 4.79 Å². The van der Waals surface area contributed by atoms with Gasteiger partial charge in [-0.3, -0.25) is 4.79 Å². The van der Waals surface area contributed by atoms with Crippen LogP contribution in [-0.2, 0) is 14.3 Å². The van der Waals surface area contributed by atoms with Crippen molar-refractivity contribution in [3.05, 3.63) is 0 Å². The van der Waals surface area contributed by atoms with Crippen LogP contribution in [0.3, 0.4) is 0 Å². The van der Waals surface area contributed by atoms with Crippen LogP contribution >= 0.6 is 0 Å². The Morgan fingerprint density at radius 1 is 0.840 bits per heavy atom. The van der Waals surface area contributed by atoms with Gasteiger partial charge in [0.05, 0.1) is 18.8 Å². The molecule has 3 nitrogen and oxygen atoms in total. The van der Waals surface area contributed by atoms with Crippen LogP contribution in [0.15, 0.2) is 0 Å². The van der Waals surface area contributed by atoms with Gasteiger partial charge in [-0.15, -0.1) is 0 Å². The lowest BCUT2D eigenvalue weighted by molar-refractivity contribution is -0.144. The van der Waals surface area contributed by atoms with Gasteiger partial charge in [0.15, 0.2) is 0 Å². The second kappa shape index (κ2) is 14.6. The van der Waals surface area contributed by atoms with Crippen LogP contribution in [0.5, 0.6) is 0 Å². The lowest BCUT2D eigenvalue weighted by Gasteiger charge is -2.06. The van der Waals surface area contributed by atoms with E-state index in [1.54, 1.807) is 0 Å². The topological polar surface area (TPSA) is 38.8 Å². The minimum Gasteiger partial charge on any atom is -0.465 e. The zero-order valence-electron chi connectivity index (χ0n) is 17.1. The smallest absolute Gasteiger partial charge is 0.305 e. The van der Waals surface area contributed by atoms with Crippen LogP contribution in [0.4, 0.5) is 0 Å². The number of epoxide rings is 1. The first kappa shape index (κ1) is 22.5. The summed E-state index contributed by atoms with van der Waals surface area (Å²) in [4.78, 5) is 11.5. The van der Waals surface area contributed by atoms with E-state index in [0.29, 0.717) is 31.2 Å². The second-order valence-electron chi connectivity index (χ2n) is 8.15. The lowest BCUT2D eigenvalue weighted by Crippen LogP contribution is -2.09. The highest BCUT2D eigenvalue weighted by Gasteiger charge is 2.36. The molecular formula is C22H42O3. The average molecular weight is 355 g/mol. The van der Waals surface area contributed by atoms with Crippen molar-refractivity contribution in [2.45, 2.75) is 123 Å². The fourth-order valence-corrected chi connectivity index (χ4v) is 3.29. The van der Waals surface area contributed by atoms with Gasteiger partial charge in [-0.05, 0) is 25.2 Å². The van der Waals surface area contributed by atoms with Crippen LogP contribution in [0.25, 0.3) is 0 Å². The number of esters is 1. The van der Waals surface area contributed by atoms with Gasteiger partial charge in [0.25, 0.3) is 0 Å². The highest BCUT2D eigenvalue weighted by molar-refractivity contribution is 5.69. The quantitative estimate of drug-likeness (QED) is 0.171. The van der Waals surface area contributed by atoms with Crippen LogP contribution < -0.4 is 0 Å². The summed E-state index contributed by atoms with van der Waals surface area (Å²) in [5.41, 5.74) is 0. The van der Waals surface area contributed by atoms with Gasteiger partial charge in [-0.2, -0.15) is 0 Å². The zero-order valence-corrected chi connectivity index (χ0v) is 17.1. The van der Waals surface area contributed by atoms with E-state index in [1.807, 2.05) is 0 Å². The summed E-state index contributed by atoms with van der Waals surface area (Å²) in [6, 6.07) is 0. The Kier molecular flexibility index (Phi) is 13.1. The van der Waals surface area contributed by atoms with Gasteiger partial charge in [-0.1, -0.05) is 85.0 Å². The number of carbonyl (C=O) groups is 1. The molecule has 0 N–H and O–H groups in total. The normalized spacial score (nSPS) is 19.4. The molecule has 3 heteroatoms. The molecule has 1 aliphatic heterocycles. The molecule has 2 unspecified atom stereocenters. The van der Waals surface area contributed by atoms with Gasteiger partial charge in [0.2, 0.25) is 0 Å². The predicted molar refractivity (Wildman–Crippen MR) is 105 cm³/mol. The first-order valence-corrected chi connectivity index (χ1v) is 10.9. The molecule has 0 radical (unpaired) electrons. The van der Waals surface area contributed by atoms with E-state index in [4.69, 9.17) is 9.47 Å². The molecule has 0 bridgehead atoms. The molecule has 0 amide bonds. The Bertz CT molecular complexity index is 327. The molecule has 0 aliphatic carbocycles. The van der Waals surface area contributed by atoms with Crippen LogP contribution in [0.1, 0.15) is 111 Å². The molecule has 1 rings (SSSR count). The molecule has 1 aliphatic rings. The molecular weight excluding hydrogens is 312 g/mol. The molecule has 2 atom stereocenters. The molecule has 0 spiro atoms. The summed E-state index contributed by atoms with van der Waals surface area (Å²) in [6.07, 6.45) is 18.3. The van der Waals surface area contributed by atoms with Crippen LogP contribution in [0.2, 0.25) is 0 Å². The second-order valence-corrected chi connectivity index (χ2v) is 8.15. The number of rotatable bonds is 17. The molecule has 0 aromatic carbocycles. The van der Waals surface area contributed by atoms with E-state index in [2.05, 4.69) is 20.8 Å². The first-order valence-electron chi connectivity index (χ1n) is 10.9. The summed E-state index contributed by atoms with van der Waals surface area (Å²) < 4.78 is 11.0. The highest BCUT2D eigenvalue weighted by atomic mass is 16.6. The average Bonchev–Trinajstić information content (AvgIpc) is 3.33. The lowest BCUT2D eigenvalue weighted by atomic mass is 10.0. The minimum absolute atomic E-state index is 0.0300. The van der Waals surface area contributed by atoms with Crippen molar-refractivity contribution in [2.24, 2.45) is 5.92 Å². The fourth-order valence-electron chi connectivity index (χ4n) is 3.29. The van der Waals surface area contributed by atoms with Crippen LogP contribution in [-0.4, -0.2) is 24.8 Å². The van der Waals surface area contributed by atoms with Crippen molar-refractivity contribution < 1.29 is 14.3 Å². The van der Waals surface area contributed by atoms with Crippen molar-refractivity contribution in [1.82, 2.24) is 0 Å². The molecule has 1 fully saturated rings. The fraction of sp³-hybridized carbons (Fsp3) is 0.955. The van der Waals surface area contributed by atoms with Crippen LogP contribution in [0, 0.1) is 5.92 Å². The SMILES string of the molecule is CCCCCCCCC1OC1CCCCCCCC(=O)OCC(C)C. The zero-order chi connectivity index (χ0) is 18.3. The van der Waals surface area contributed by atoms with Gasteiger partial charge in [0.1, 0.15) is 0 Å². The van der Waals surface area contributed by atoms with E-state index in [-0.39, 0.29) is 5.97 Å². The Morgan fingerprint density at radius 3 is 1.92 bits per heavy atom. The third-order valence-electron chi connectivity index (χ3n) is 4.98. The molecule has 148 valence electrons. The van der Waals surface area contributed by atoms with Gasteiger partial charge in [-0.25, -0.2) is 0 Å². The van der Waals surface area contributed by atoms with Crippen molar-refractivity contribution in [1.29, 1.82) is 0 Å². The maximum atomic E-state index is 11.5. The molecule has 25 heavy (non-hydrogen) atoms. The summed E-state index contributed by atoms with van der Waals surface area (Å²) in [5, 5.41) is 0. The van der Waals surface area contributed by atoms with Crippen molar-refractivity contribution in [2.75, 3.05) is 6.61 Å². The number of hydrogen-bond acceptors (Lipinski definition) is 3. The molecule has 1 saturated heterocycles. The van der Waals surface area contributed by atoms with E-state index >= 15 is 0 Å². The van der Waals surface area contributed by atoms with E-state index in [1.165, 1.54) is 70.6 Å². The third kappa shape index (κ3) is 13.3. The van der Waals surface area contributed by atoms with Gasteiger partial charge < -0.3 is 9.47 Å². The first-order chi connectivity index (χ1) is 12.1. The van der Waals surface area contributed by atoms with Crippen molar-refractivity contribution >= 4 is 5.97 Å². The number of carbonyl (C=O) groups excluding carboxylic acids is 1. The summed E-state index contributed by atoms with van der Waals surface area (Å²) in [7, 11) is 0. The molecule has 0 saturated carbocycles. The van der Waals surface area contributed by atoms with E-state index < -0.39 is 0 Å². The summed E-state index contributed by atoms with van der Waals surface area (Å²) in [5.74, 6) is 0.399. The largest absolute Gasteiger partial charge is 0.465 e. The highest BCUT2D eigenvalue weighted by Crippen LogP contribution is 2.31. The van der Waals surface area contributed by atoms with Crippen molar-refractivity contribution in [3.63, 3.8) is 0 Å². The Hall–Kier alpha value is -0.570. The molecule has 0 aromatic rings. The Balaban J connectivity index is 1.79.